The Balaban J connectivity index is 0.00000225. The molecule has 136 valence electrons. The lowest BCUT2D eigenvalue weighted by Gasteiger charge is -2.54. The highest BCUT2D eigenvalue weighted by Gasteiger charge is 2.59. The third-order valence-corrected chi connectivity index (χ3v) is 5.24. The van der Waals surface area contributed by atoms with Gasteiger partial charge in [-0.2, -0.15) is 5.26 Å². The average molecular weight is 454 g/mol. The summed E-state index contributed by atoms with van der Waals surface area (Å²) >= 11 is 0. The normalized spacial score (nSPS) is 26.6. The lowest BCUT2D eigenvalue weighted by atomic mass is 9.57. The number of halogens is 1. The number of fused-ring (bicyclic) bond motifs is 1. The van der Waals surface area contributed by atoms with Crippen LogP contribution in [0.3, 0.4) is 0 Å². The fourth-order valence-corrected chi connectivity index (χ4v) is 3.94. The molecule has 3 rings (SSSR count). The van der Waals surface area contributed by atoms with Gasteiger partial charge >= 0.3 is 0 Å². The lowest BCUT2D eigenvalue weighted by molar-refractivity contribution is -0.106. The molecule has 2 fully saturated rings. The highest BCUT2D eigenvalue weighted by molar-refractivity contribution is 14.0. The van der Waals surface area contributed by atoms with Crippen molar-refractivity contribution in [1.82, 2.24) is 10.6 Å². The zero-order valence-corrected chi connectivity index (χ0v) is 17.4. The highest BCUT2D eigenvalue weighted by atomic mass is 127. The minimum atomic E-state index is 0. The molecule has 0 radical (unpaired) electrons. The zero-order valence-electron chi connectivity index (χ0n) is 15.1. The number of hydrogen-bond donors (Lipinski definition) is 2. The quantitative estimate of drug-likeness (QED) is 0.417. The SMILES string of the molecule is CCNC(=NCc1ccc(C#N)cc1)NC1C2CCOC2C1(C)C.I. The molecule has 2 aliphatic rings. The Morgan fingerprint density at radius 3 is 2.72 bits per heavy atom. The third kappa shape index (κ3) is 4.09. The van der Waals surface area contributed by atoms with E-state index < -0.39 is 0 Å². The largest absolute Gasteiger partial charge is 0.377 e. The number of ether oxygens (including phenoxy) is 1. The monoisotopic (exact) mass is 454 g/mol. The molecule has 1 heterocycles. The van der Waals surface area contributed by atoms with Crippen LogP contribution in [0.2, 0.25) is 0 Å². The van der Waals surface area contributed by atoms with Crippen molar-refractivity contribution in [2.24, 2.45) is 16.3 Å². The maximum Gasteiger partial charge on any atom is 0.191 e. The summed E-state index contributed by atoms with van der Waals surface area (Å²) in [6.07, 6.45) is 1.50. The van der Waals surface area contributed by atoms with Crippen molar-refractivity contribution < 1.29 is 4.74 Å². The number of hydrogen-bond acceptors (Lipinski definition) is 3. The molecule has 3 atom stereocenters. The van der Waals surface area contributed by atoms with E-state index in [0.29, 0.717) is 30.2 Å². The van der Waals surface area contributed by atoms with Crippen molar-refractivity contribution in [3.05, 3.63) is 35.4 Å². The second-order valence-electron chi connectivity index (χ2n) is 7.19. The molecule has 0 spiro atoms. The van der Waals surface area contributed by atoms with Gasteiger partial charge in [-0.3, -0.25) is 0 Å². The molecule has 1 aliphatic heterocycles. The lowest BCUT2D eigenvalue weighted by Crippen LogP contribution is -2.67. The Bertz CT molecular complexity index is 650. The van der Waals surface area contributed by atoms with Crippen LogP contribution in [-0.2, 0) is 11.3 Å². The van der Waals surface area contributed by atoms with E-state index in [-0.39, 0.29) is 29.4 Å². The van der Waals surface area contributed by atoms with Crippen molar-refractivity contribution in [3.63, 3.8) is 0 Å². The maximum absolute atomic E-state index is 8.87. The van der Waals surface area contributed by atoms with Gasteiger partial charge in [-0.15, -0.1) is 24.0 Å². The number of nitrogens with one attached hydrogen (secondary N) is 2. The maximum atomic E-state index is 8.87. The van der Waals surface area contributed by atoms with Crippen molar-refractivity contribution in [2.45, 2.75) is 45.9 Å². The van der Waals surface area contributed by atoms with Crippen molar-refractivity contribution in [3.8, 4) is 6.07 Å². The number of benzene rings is 1. The van der Waals surface area contributed by atoms with Gasteiger partial charge in [0.25, 0.3) is 0 Å². The van der Waals surface area contributed by atoms with Crippen LogP contribution in [-0.4, -0.2) is 31.3 Å². The number of rotatable bonds is 4. The van der Waals surface area contributed by atoms with E-state index in [0.717, 1.165) is 31.1 Å². The fraction of sp³-hybridized carbons (Fsp3) is 0.579. The fourth-order valence-electron chi connectivity index (χ4n) is 3.94. The molecule has 3 unspecified atom stereocenters. The molecule has 1 aromatic rings. The Hall–Kier alpha value is -1.33. The van der Waals surface area contributed by atoms with E-state index in [1.54, 1.807) is 0 Å². The average Bonchev–Trinajstić information content (AvgIpc) is 3.05. The first-order chi connectivity index (χ1) is 11.6. The molecule has 1 saturated carbocycles. The van der Waals surface area contributed by atoms with E-state index in [1.807, 2.05) is 24.3 Å². The highest BCUT2D eigenvalue weighted by Crippen LogP contribution is 2.52. The van der Waals surface area contributed by atoms with Gasteiger partial charge in [0, 0.05) is 30.5 Å². The zero-order chi connectivity index (χ0) is 17.2. The number of guanidine groups is 1. The van der Waals surface area contributed by atoms with Crippen LogP contribution in [0.15, 0.2) is 29.3 Å². The molecule has 1 saturated heterocycles. The predicted molar refractivity (Wildman–Crippen MR) is 110 cm³/mol. The molecule has 1 aliphatic carbocycles. The Morgan fingerprint density at radius 2 is 2.08 bits per heavy atom. The number of nitriles is 1. The first kappa shape index (κ1) is 20.0. The molecule has 0 bridgehead atoms. The smallest absolute Gasteiger partial charge is 0.191 e. The van der Waals surface area contributed by atoms with Crippen molar-refractivity contribution in [1.29, 1.82) is 5.26 Å². The second-order valence-corrected chi connectivity index (χ2v) is 7.19. The van der Waals surface area contributed by atoms with Crippen LogP contribution < -0.4 is 10.6 Å². The Kier molecular flexibility index (Phi) is 6.69. The van der Waals surface area contributed by atoms with Crippen LogP contribution in [0.4, 0.5) is 0 Å². The topological polar surface area (TPSA) is 69.4 Å². The van der Waals surface area contributed by atoms with E-state index >= 15 is 0 Å². The molecule has 1 aromatic carbocycles. The van der Waals surface area contributed by atoms with Crippen molar-refractivity contribution >= 4 is 29.9 Å². The van der Waals surface area contributed by atoms with Gasteiger partial charge in [0.1, 0.15) is 0 Å². The predicted octanol–water partition coefficient (Wildman–Crippen LogP) is 3.04. The number of nitrogens with zero attached hydrogens (tertiary/aromatic N) is 2. The molecule has 0 amide bonds. The molecule has 2 N–H and O–H groups in total. The second kappa shape index (κ2) is 8.37. The van der Waals surface area contributed by atoms with E-state index in [4.69, 9.17) is 15.0 Å². The van der Waals surface area contributed by atoms with E-state index in [9.17, 15) is 0 Å². The van der Waals surface area contributed by atoms with Gasteiger partial charge in [0.05, 0.1) is 24.3 Å². The Labute approximate surface area is 167 Å². The minimum Gasteiger partial charge on any atom is -0.377 e. The molecule has 0 aromatic heterocycles. The third-order valence-electron chi connectivity index (χ3n) is 5.24. The summed E-state index contributed by atoms with van der Waals surface area (Å²) in [5.74, 6) is 1.43. The van der Waals surface area contributed by atoms with Crippen molar-refractivity contribution in [2.75, 3.05) is 13.2 Å². The standard InChI is InChI=1S/C19H26N4O.HI/c1-4-21-18(22-12-14-7-5-13(11-20)6-8-14)23-16-15-9-10-24-17(15)19(16,2)3;/h5-8,15-17H,4,9-10,12H2,1-3H3,(H2,21,22,23);1H. The molecule has 5 nitrogen and oxygen atoms in total. The van der Waals surface area contributed by atoms with Gasteiger partial charge < -0.3 is 15.4 Å². The summed E-state index contributed by atoms with van der Waals surface area (Å²) in [6, 6.07) is 10.1. The summed E-state index contributed by atoms with van der Waals surface area (Å²) in [4.78, 5) is 4.71. The van der Waals surface area contributed by atoms with E-state index in [2.05, 4.69) is 37.5 Å². The van der Waals surface area contributed by atoms with Crippen LogP contribution >= 0.6 is 24.0 Å². The molecular formula is C19H27IN4O. The summed E-state index contributed by atoms with van der Waals surface area (Å²) in [5.41, 5.74) is 1.91. The van der Waals surface area contributed by atoms with Crippen LogP contribution in [0.25, 0.3) is 0 Å². The van der Waals surface area contributed by atoms with Crippen LogP contribution in [0.5, 0.6) is 0 Å². The molecular weight excluding hydrogens is 427 g/mol. The van der Waals surface area contributed by atoms with Gasteiger partial charge in [0.15, 0.2) is 5.96 Å². The van der Waals surface area contributed by atoms with E-state index in [1.165, 1.54) is 0 Å². The molecule has 25 heavy (non-hydrogen) atoms. The summed E-state index contributed by atoms with van der Waals surface area (Å²) in [7, 11) is 0. The summed E-state index contributed by atoms with van der Waals surface area (Å²) in [6.45, 7) is 8.90. The van der Waals surface area contributed by atoms with Gasteiger partial charge in [-0.05, 0) is 31.0 Å². The number of aliphatic imine (C=N–C) groups is 1. The van der Waals surface area contributed by atoms with Gasteiger partial charge in [0.2, 0.25) is 0 Å². The summed E-state index contributed by atoms with van der Waals surface area (Å²) < 4.78 is 5.86. The minimum absolute atomic E-state index is 0. The first-order valence-corrected chi connectivity index (χ1v) is 8.71. The van der Waals surface area contributed by atoms with Crippen LogP contribution in [0.1, 0.15) is 38.3 Å². The summed E-state index contributed by atoms with van der Waals surface area (Å²) in [5, 5.41) is 15.8. The van der Waals surface area contributed by atoms with Gasteiger partial charge in [-0.25, -0.2) is 4.99 Å². The first-order valence-electron chi connectivity index (χ1n) is 8.71. The van der Waals surface area contributed by atoms with Crippen LogP contribution in [0, 0.1) is 22.7 Å². The Morgan fingerprint density at radius 1 is 1.36 bits per heavy atom. The molecule has 6 heteroatoms. The van der Waals surface area contributed by atoms with Gasteiger partial charge in [-0.1, -0.05) is 26.0 Å².